The molecule has 2 aromatic rings. The second kappa shape index (κ2) is 5.95. The van der Waals surface area contributed by atoms with Gasteiger partial charge in [0, 0.05) is 21.2 Å². The molecule has 2 aliphatic heterocycles. The van der Waals surface area contributed by atoms with Crippen molar-refractivity contribution < 1.29 is 9.59 Å². The van der Waals surface area contributed by atoms with Crippen LogP contribution in [-0.4, -0.2) is 22.3 Å². The highest BCUT2D eigenvalue weighted by molar-refractivity contribution is 9.10. The maximum Gasteiger partial charge on any atom is 0.242 e. The number of hydrogen-bond donors (Lipinski definition) is 0. The third-order valence-electron chi connectivity index (χ3n) is 5.07. The van der Waals surface area contributed by atoms with Crippen LogP contribution in [0.1, 0.15) is 27.4 Å². The smallest absolute Gasteiger partial charge is 0.242 e. The molecule has 0 radical (unpaired) electrons. The Morgan fingerprint density at radius 1 is 1.07 bits per heavy atom. The molecular formula is C21H11BrN2O2S. The van der Waals surface area contributed by atoms with Crippen molar-refractivity contribution in [2.24, 2.45) is 0 Å². The lowest BCUT2D eigenvalue weighted by Crippen LogP contribution is -2.30. The fourth-order valence-corrected chi connectivity index (χ4v) is 5.25. The standard InChI is InChI=1S/C21H11BrN2O2S/c22-12-7-5-11(6-8-12)17-15(9-23)21-24(16(25)10-27-21)19-13-3-1-2-4-14(13)20(26)18(17)19/h1-8,17H,10H2. The van der Waals surface area contributed by atoms with E-state index in [2.05, 4.69) is 22.0 Å². The average molecular weight is 435 g/mol. The summed E-state index contributed by atoms with van der Waals surface area (Å²) in [5, 5.41) is 10.6. The summed E-state index contributed by atoms with van der Waals surface area (Å²) < 4.78 is 0.926. The highest BCUT2D eigenvalue weighted by atomic mass is 79.9. The van der Waals surface area contributed by atoms with Crippen LogP contribution in [0.25, 0.3) is 5.70 Å². The Balaban J connectivity index is 1.83. The second-order valence-corrected chi connectivity index (χ2v) is 8.35. The minimum absolute atomic E-state index is 0.0889. The first-order valence-electron chi connectivity index (χ1n) is 8.35. The van der Waals surface area contributed by atoms with E-state index in [4.69, 9.17) is 0 Å². The van der Waals surface area contributed by atoms with Crippen LogP contribution in [0.2, 0.25) is 0 Å². The molecule has 0 saturated carbocycles. The maximum absolute atomic E-state index is 13.3. The zero-order chi connectivity index (χ0) is 18.7. The number of benzene rings is 2. The normalized spacial score (nSPS) is 20.6. The molecule has 1 unspecified atom stereocenters. The number of carbonyl (C=O) groups is 2. The van der Waals surface area contributed by atoms with E-state index in [1.54, 1.807) is 11.0 Å². The van der Waals surface area contributed by atoms with Gasteiger partial charge in [0.1, 0.15) is 0 Å². The summed E-state index contributed by atoms with van der Waals surface area (Å²) >= 11 is 4.81. The first kappa shape index (κ1) is 16.5. The van der Waals surface area contributed by atoms with Crippen LogP contribution in [0.5, 0.6) is 0 Å². The van der Waals surface area contributed by atoms with Crippen LogP contribution in [0.4, 0.5) is 0 Å². The number of hydrogen-bond acceptors (Lipinski definition) is 4. The highest BCUT2D eigenvalue weighted by Gasteiger charge is 2.48. The van der Waals surface area contributed by atoms with E-state index in [0.717, 1.165) is 15.6 Å². The summed E-state index contributed by atoms with van der Waals surface area (Å²) in [5.74, 6) is -0.387. The Morgan fingerprint density at radius 2 is 1.78 bits per heavy atom. The van der Waals surface area contributed by atoms with Crippen molar-refractivity contribution in [3.8, 4) is 6.07 Å². The van der Waals surface area contributed by atoms with Crippen molar-refractivity contribution in [3.63, 3.8) is 0 Å². The van der Waals surface area contributed by atoms with E-state index in [-0.39, 0.29) is 17.4 Å². The molecule has 0 N–H and O–H groups in total. The van der Waals surface area contributed by atoms with E-state index >= 15 is 0 Å². The Morgan fingerprint density at radius 3 is 2.48 bits per heavy atom. The number of nitrogens with zero attached hydrogens (tertiary/aromatic N) is 2. The van der Waals surface area contributed by atoms with Crippen LogP contribution in [0, 0.1) is 11.3 Å². The molecule has 27 heavy (non-hydrogen) atoms. The SMILES string of the molecule is N#CC1=C2SCC(=O)N2C2=C(C(=O)c3ccccc32)C1c1ccc(Br)cc1. The summed E-state index contributed by atoms with van der Waals surface area (Å²) in [6, 6.07) is 17.3. The third kappa shape index (κ3) is 2.22. The quantitative estimate of drug-likeness (QED) is 0.664. The molecular weight excluding hydrogens is 424 g/mol. The number of amides is 1. The summed E-state index contributed by atoms with van der Waals surface area (Å²) in [4.78, 5) is 27.5. The number of carbonyl (C=O) groups excluding carboxylic acids is 2. The molecule has 1 atom stereocenters. The van der Waals surface area contributed by atoms with Crippen molar-refractivity contribution in [2.45, 2.75) is 5.92 Å². The molecule has 1 saturated heterocycles. The van der Waals surface area contributed by atoms with Gasteiger partial charge >= 0.3 is 0 Å². The minimum atomic E-state index is -0.470. The van der Waals surface area contributed by atoms with Gasteiger partial charge in [0.15, 0.2) is 5.78 Å². The lowest BCUT2D eigenvalue weighted by Gasteiger charge is -2.31. The molecule has 2 aromatic carbocycles. The second-order valence-electron chi connectivity index (χ2n) is 6.47. The fourth-order valence-electron chi connectivity index (χ4n) is 3.96. The van der Waals surface area contributed by atoms with Crippen molar-refractivity contribution in [2.75, 3.05) is 5.75 Å². The highest BCUT2D eigenvalue weighted by Crippen LogP contribution is 2.54. The maximum atomic E-state index is 13.3. The van der Waals surface area contributed by atoms with Crippen LogP contribution >= 0.6 is 27.7 Å². The molecule has 130 valence electrons. The molecule has 5 rings (SSSR count). The van der Waals surface area contributed by atoms with Crippen LogP contribution in [-0.2, 0) is 4.79 Å². The van der Waals surface area contributed by atoms with Crippen LogP contribution in [0.15, 0.2) is 69.2 Å². The summed E-state index contributed by atoms with van der Waals surface area (Å²) in [6.07, 6.45) is 0. The number of Topliss-reactive ketones (excluding diaryl/α,β-unsaturated/α-hetero) is 1. The lowest BCUT2D eigenvalue weighted by atomic mass is 9.81. The largest absolute Gasteiger partial charge is 0.289 e. The van der Waals surface area contributed by atoms with Crippen LogP contribution in [0.3, 0.4) is 0 Å². The predicted octanol–water partition coefficient (Wildman–Crippen LogP) is 4.46. The third-order valence-corrected chi connectivity index (χ3v) is 6.66. The molecule has 1 fully saturated rings. The lowest BCUT2D eigenvalue weighted by molar-refractivity contribution is -0.122. The number of thioether (sulfide) groups is 1. The molecule has 2 heterocycles. The Bertz CT molecular complexity index is 1140. The minimum Gasteiger partial charge on any atom is -0.289 e. The number of ketones is 1. The zero-order valence-corrected chi connectivity index (χ0v) is 16.3. The molecule has 1 aliphatic carbocycles. The van der Waals surface area contributed by atoms with Crippen molar-refractivity contribution >= 4 is 45.1 Å². The Hall–Kier alpha value is -2.62. The topological polar surface area (TPSA) is 61.2 Å². The summed E-state index contributed by atoms with van der Waals surface area (Å²) in [6.45, 7) is 0. The van der Waals surface area contributed by atoms with Gasteiger partial charge in [-0.2, -0.15) is 5.26 Å². The first-order chi connectivity index (χ1) is 13.1. The number of fused-ring (bicyclic) bond motifs is 4. The van der Waals surface area contributed by atoms with Crippen molar-refractivity contribution in [3.05, 3.63) is 85.9 Å². The Labute approximate surface area is 168 Å². The predicted molar refractivity (Wildman–Crippen MR) is 107 cm³/mol. The Kier molecular flexibility index (Phi) is 3.64. The molecule has 6 heteroatoms. The van der Waals surface area contributed by atoms with Gasteiger partial charge in [0.05, 0.1) is 34.0 Å². The number of rotatable bonds is 1. The molecule has 0 bridgehead atoms. The van der Waals surface area contributed by atoms with E-state index in [9.17, 15) is 14.9 Å². The van der Waals surface area contributed by atoms with Crippen LogP contribution < -0.4 is 0 Å². The molecule has 0 spiro atoms. The fraction of sp³-hybridized carbons (Fsp3) is 0.0952. The molecule has 4 nitrogen and oxygen atoms in total. The van der Waals surface area contributed by atoms with Gasteiger partial charge in [0.25, 0.3) is 0 Å². The van der Waals surface area contributed by atoms with Crippen molar-refractivity contribution in [1.29, 1.82) is 5.26 Å². The van der Waals surface area contributed by atoms with Gasteiger partial charge in [-0.25, -0.2) is 0 Å². The van der Waals surface area contributed by atoms with E-state index < -0.39 is 5.92 Å². The van der Waals surface area contributed by atoms with E-state index in [1.807, 2.05) is 42.5 Å². The molecule has 3 aliphatic rings. The zero-order valence-electron chi connectivity index (χ0n) is 13.9. The van der Waals surface area contributed by atoms with E-state index in [0.29, 0.717) is 27.4 Å². The monoisotopic (exact) mass is 434 g/mol. The van der Waals surface area contributed by atoms with Gasteiger partial charge in [-0.1, -0.05) is 64.1 Å². The van der Waals surface area contributed by atoms with Gasteiger partial charge in [-0.05, 0) is 17.7 Å². The van der Waals surface area contributed by atoms with Gasteiger partial charge in [0.2, 0.25) is 5.91 Å². The summed E-state index contributed by atoms with van der Waals surface area (Å²) in [7, 11) is 0. The van der Waals surface area contributed by atoms with Gasteiger partial charge < -0.3 is 0 Å². The van der Waals surface area contributed by atoms with Gasteiger partial charge in [-0.15, -0.1) is 0 Å². The first-order valence-corrected chi connectivity index (χ1v) is 10.1. The van der Waals surface area contributed by atoms with Gasteiger partial charge in [-0.3, -0.25) is 14.5 Å². The molecule has 1 amide bonds. The number of allylic oxidation sites excluding steroid dienone is 2. The summed E-state index contributed by atoms with van der Waals surface area (Å²) in [5.41, 5.74) is 3.86. The number of halogens is 1. The average Bonchev–Trinajstić information content (AvgIpc) is 3.20. The van der Waals surface area contributed by atoms with Crippen molar-refractivity contribution in [1.82, 2.24) is 4.90 Å². The van der Waals surface area contributed by atoms with E-state index in [1.165, 1.54) is 11.8 Å². The number of nitriles is 1. The molecule has 0 aromatic heterocycles.